The van der Waals surface area contributed by atoms with Crippen molar-refractivity contribution < 1.29 is 14.3 Å². The molecule has 126 valence electrons. The molecule has 2 N–H and O–H groups in total. The van der Waals surface area contributed by atoms with Crippen molar-refractivity contribution in [1.29, 1.82) is 0 Å². The second-order valence-electron chi connectivity index (χ2n) is 6.28. The van der Waals surface area contributed by atoms with Crippen molar-refractivity contribution in [3.05, 3.63) is 22.8 Å². The van der Waals surface area contributed by atoms with E-state index in [1.165, 1.54) is 11.1 Å². The zero-order chi connectivity index (χ0) is 16.2. The van der Waals surface area contributed by atoms with Crippen LogP contribution in [0.2, 0.25) is 0 Å². The normalized spacial score (nSPS) is 14.9. The second kappa shape index (κ2) is 7.08. The van der Waals surface area contributed by atoms with E-state index in [-0.39, 0.29) is 6.03 Å². The van der Waals surface area contributed by atoms with Crippen molar-refractivity contribution in [2.24, 2.45) is 0 Å². The largest absolute Gasteiger partial charge is 0.493 e. The summed E-state index contributed by atoms with van der Waals surface area (Å²) >= 11 is 0. The maximum absolute atomic E-state index is 12.0. The van der Waals surface area contributed by atoms with Crippen LogP contribution >= 0.6 is 0 Å². The highest BCUT2D eigenvalue weighted by atomic mass is 16.5. The number of carbonyl (C=O) groups excluding carboxylic acids is 1. The first kappa shape index (κ1) is 15.9. The average molecular weight is 319 g/mol. The lowest BCUT2D eigenvalue weighted by molar-refractivity contribution is 0.239. The lowest BCUT2D eigenvalue weighted by atomic mass is 9.99. The Morgan fingerprint density at radius 2 is 2.04 bits per heavy atom. The molecule has 0 aromatic heterocycles. The van der Waals surface area contributed by atoms with Crippen LogP contribution in [0.15, 0.2) is 6.07 Å². The third-order valence-corrected chi connectivity index (χ3v) is 4.25. The third kappa shape index (κ3) is 3.69. The summed E-state index contributed by atoms with van der Waals surface area (Å²) in [6.45, 7) is 3.54. The number of urea groups is 1. The van der Waals surface area contributed by atoms with E-state index in [1.54, 1.807) is 0 Å². The molecule has 0 radical (unpaired) electrons. The van der Waals surface area contributed by atoms with E-state index in [9.17, 15) is 4.79 Å². The number of amides is 2. The van der Waals surface area contributed by atoms with Gasteiger partial charge in [-0.3, -0.25) is 0 Å². The Bertz CT molecular complexity index is 555. The van der Waals surface area contributed by atoms with Gasteiger partial charge in [0.05, 0.1) is 13.2 Å². The zero-order valence-corrected chi connectivity index (χ0v) is 13.9. The molecule has 0 saturated heterocycles. The van der Waals surface area contributed by atoms with Crippen molar-refractivity contribution in [2.75, 3.05) is 40.4 Å². The summed E-state index contributed by atoms with van der Waals surface area (Å²) in [6.07, 6.45) is 2.73. The fourth-order valence-electron chi connectivity index (χ4n) is 3.10. The van der Waals surface area contributed by atoms with E-state index in [0.717, 1.165) is 42.9 Å². The van der Waals surface area contributed by atoms with Crippen LogP contribution in [-0.2, 0) is 19.4 Å². The van der Waals surface area contributed by atoms with Gasteiger partial charge in [-0.25, -0.2) is 4.79 Å². The van der Waals surface area contributed by atoms with Gasteiger partial charge in [-0.05, 0) is 33.1 Å². The molecule has 0 atom stereocenters. The molecule has 1 aromatic carbocycles. The topological polar surface area (TPSA) is 62.8 Å². The van der Waals surface area contributed by atoms with E-state index in [4.69, 9.17) is 9.47 Å². The SMILES string of the molecule is CN(C)CCCNC(=O)NCc1c2c(cc3c1OCC3)OCC2. The van der Waals surface area contributed by atoms with Crippen LogP contribution in [0, 0.1) is 0 Å². The van der Waals surface area contributed by atoms with Gasteiger partial charge in [0, 0.05) is 42.6 Å². The summed E-state index contributed by atoms with van der Waals surface area (Å²) in [5.74, 6) is 1.90. The van der Waals surface area contributed by atoms with Gasteiger partial charge in [0.2, 0.25) is 0 Å². The number of benzene rings is 1. The molecule has 2 aliphatic heterocycles. The first-order valence-corrected chi connectivity index (χ1v) is 8.25. The molecule has 2 amide bonds. The van der Waals surface area contributed by atoms with Crippen LogP contribution in [-0.4, -0.2) is 51.3 Å². The summed E-state index contributed by atoms with van der Waals surface area (Å²) < 4.78 is 11.5. The molecule has 23 heavy (non-hydrogen) atoms. The standard InChI is InChI=1S/C17H25N3O3/c1-20(2)7-3-6-18-17(21)19-11-14-13-5-9-22-15(13)10-12-4-8-23-16(12)14/h10H,3-9,11H2,1-2H3,(H2,18,19,21). The summed E-state index contributed by atoms with van der Waals surface area (Å²) in [6, 6.07) is 1.96. The Morgan fingerprint density at radius 1 is 1.22 bits per heavy atom. The molecule has 0 aliphatic carbocycles. The average Bonchev–Trinajstić information content (AvgIpc) is 3.16. The molecule has 0 spiro atoms. The molecule has 0 bridgehead atoms. The predicted octanol–water partition coefficient (Wildman–Crippen LogP) is 1.31. The lowest BCUT2D eigenvalue weighted by Gasteiger charge is -2.14. The predicted molar refractivity (Wildman–Crippen MR) is 88.2 cm³/mol. The molecular weight excluding hydrogens is 294 g/mol. The minimum absolute atomic E-state index is 0.132. The molecule has 0 unspecified atom stereocenters. The minimum atomic E-state index is -0.132. The van der Waals surface area contributed by atoms with Crippen LogP contribution < -0.4 is 20.1 Å². The van der Waals surface area contributed by atoms with Gasteiger partial charge < -0.3 is 25.0 Å². The highest BCUT2D eigenvalue weighted by Crippen LogP contribution is 2.40. The summed E-state index contributed by atoms with van der Waals surface area (Å²) in [5, 5.41) is 5.84. The Morgan fingerprint density at radius 3 is 2.87 bits per heavy atom. The van der Waals surface area contributed by atoms with Gasteiger partial charge in [-0.2, -0.15) is 0 Å². The van der Waals surface area contributed by atoms with Crippen LogP contribution in [0.4, 0.5) is 4.79 Å². The van der Waals surface area contributed by atoms with Crippen molar-refractivity contribution >= 4 is 6.03 Å². The van der Waals surface area contributed by atoms with E-state index in [0.29, 0.717) is 26.3 Å². The van der Waals surface area contributed by atoms with Crippen LogP contribution in [0.5, 0.6) is 11.5 Å². The number of hydrogen-bond donors (Lipinski definition) is 2. The highest BCUT2D eigenvalue weighted by molar-refractivity contribution is 5.74. The molecule has 3 rings (SSSR count). The zero-order valence-electron chi connectivity index (χ0n) is 13.9. The Kier molecular flexibility index (Phi) is 4.91. The van der Waals surface area contributed by atoms with Crippen molar-refractivity contribution in [3.8, 4) is 11.5 Å². The summed E-state index contributed by atoms with van der Waals surface area (Å²) in [5.41, 5.74) is 3.45. The first-order valence-electron chi connectivity index (χ1n) is 8.25. The number of nitrogens with one attached hydrogen (secondary N) is 2. The molecule has 6 nitrogen and oxygen atoms in total. The smallest absolute Gasteiger partial charge is 0.315 e. The van der Waals surface area contributed by atoms with Crippen molar-refractivity contribution in [3.63, 3.8) is 0 Å². The van der Waals surface area contributed by atoms with E-state index >= 15 is 0 Å². The number of ether oxygens (including phenoxy) is 2. The van der Waals surface area contributed by atoms with Crippen molar-refractivity contribution in [1.82, 2.24) is 15.5 Å². The van der Waals surface area contributed by atoms with Gasteiger partial charge in [0.15, 0.2) is 0 Å². The molecule has 2 aliphatic rings. The van der Waals surface area contributed by atoms with E-state index in [1.807, 2.05) is 14.1 Å². The van der Waals surface area contributed by atoms with Crippen LogP contribution in [0.3, 0.4) is 0 Å². The molecule has 0 fully saturated rings. The molecule has 2 heterocycles. The Labute approximate surface area is 137 Å². The maximum atomic E-state index is 12.0. The summed E-state index contributed by atoms with van der Waals surface area (Å²) in [7, 11) is 4.05. The number of hydrogen-bond acceptors (Lipinski definition) is 4. The maximum Gasteiger partial charge on any atom is 0.315 e. The fraction of sp³-hybridized carbons (Fsp3) is 0.588. The Hall–Kier alpha value is -1.95. The molecule has 1 aromatic rings. The first-order chi connectivity index (χ1) is 11.1. The minimum Gasteiger partial charge on any atom is -0.493 e. The number of carbonyl (C=O) groups is 1. The molecule has 6 heteroatoms. The molecular formula is C17H25N3O3. The molecule has 0 saturated carbocycles. The number of rotatable bonds is 6. The third-order valence-electron chi connectivity index (χ3n) is 4.25. The quantitative estimate of drug-likeness (QED) is 0.776. The Balaban J connectivity index is 1.57. The van der Waals surface area contributed by atoms with Crippen LogP contribution in [0.1, 0.15) is 23.1 Å². The van der Waals surface area contributed by atoms with Crippen LogP contribution in [0.25, 0.3) is 0 Å². The lowest BCUT2D eigenvalue weighted by Crippen LogP contribution is -2.36. The summed E-state index contributed by atoms with van der Waals surface area (Å²) in [4.78, 5) is 14.1. The second-order valence-corrected chi connectivity index (χ2v) is 6.28. The van der Waals surface area contributed by atoms with Gasteiger partial charge in [-0.15, -0.1) is 0 Å². The van der Waals surface area contributed by atoms with Gasteiger partial charge in [0.1, 0.15) is 11.5 Å². The fourth-order valence-corrected chi connectivity index (χ4v) is 3.10. The number of fused-ring (bicyclic) bond motifs is 2. The van der Waals surface area contributed by atoms with E-state index in [2.05, 4.69) is 21.6 Å². The number of nitrogens with zero attached hydrogens (tertiary/aromatic N) is 1. The monoisotopic (exact) mass is 319 g/mol. The van der Waals surface area contributed by atoms with E-state index < -0.39 is 0 Å². The van der Waals surface area contributed by atoms with Gasteiger partial charge in [-0.1, -0.05) is 0 Å². The van der Waals surface area contributed by atoms with Crippen molar-refractivity contribution in [2.45, 2.75) is 25.8 Å². The van der Waals surface area contributed by atoms with Gasteiger partial charge in [0.25, 0.3) is 0 Å². The van der Waals surface area contributed by atoms with Gasteiger partial charge >= 0.3 is 6.03 Å². The highest BCUT2D eigenvalue weighted by Gasteiger charge is 2.26.